The summed E-state index contributed by atoms with van der Waals surface area (Å²) in [7, 11) is 0. The highest BCUT2D eigenvalue weighted by molar-refractivity contribution is 5.56. The van der Waals surface area contributed by atoms with Crippen LogP contribution < -0.4 is 5.43 Å². The molecule has 2 heterocycles. The lowest BCUT2D eigenvalue weighted by atomic mass is 10.00. The third-order valence-corrected chi connectivity index (χ3v) is 3.89. The second kappa shape index (κ2) is 5.58. The minimum Gasteiger partial charge on any atom is -0.301 e. The van der Waals surface area contributed by atoms with E-state index in [1.807, 2.05) is 19.9 Å². The highest BCUT2D eigenvalue weighted by Gasteiger charge is 2.25. The summed E-state index contributed by atoms with van der Waals surface area (Å²) in [5, 5.41) is 11.5. The molecule has 0 aliphatic carbocycles. The number of nitriles is 1. The van der Waals surface area contributed by atoms with Gasteiger partial charge >= 0.3 is 0 Å². The van der Waals surface area contributed by atoms with Gasteiger partial charge in [-0.25, -0.2) is 9.99 Å². The fourth-order valence-corrected chi connectivity index (χ4v) is 2.82. The molecule has 1 aliphatic heterocycles. The van der Waals surface area contributed by atoms with Crippen LogP contribution in [0.3, 0.4) is 0 Å². The van der Waals surface area contributed by atoms with E-state index in [0.717, 1.165) is 11.3 Å². The number of aryl methyl sites for hydroxylation is 2. The van der Waals surface area contributed by atoms with E-state index in [2.05, 4.69) is 35.3 Å². The molecule has 19 heavy (non-hydrogen) atoms. The Hall–Kier alpha value is -1.60. The van der Waals surface area contributed by atoms with Gasteiger partial charge < -0.3 is 5.43 Å². The lowest BCUT2D eigenvalue weighted by Crippen LogP contribution is -2.47. The third-order valence-electron chi connectivity index (χ3n) is 3.89. The summed E-state index contributed by atoms with van der Waals surface area (Å²) in [5.74, 6) is 0.695. The predicted octanol–water partition coefficient (Wildman–Crippen LogP) is 3.16. The number of pyridine rings is 1. The highest BCUT2D eigenvalue weighted by Crippen LogP contribution is 2.25. The SMILES string of the molecule is Cc1cc(C)c(C#N)c(NN2C(C)CCCC2C)n1. The van der Waals surface area contributed by atoms with Gasteiger partial charge in [-0.3, -0.25) is 0 Å². The number of hydrazine groups is 1. The number of nitrogens with zero attached hydrogens (tertiary/aromatic N) is 3. The van der Waals surface area contributed by atoms with Gasteiger partial charge in [-0.2, -0.15) is 5.26 Å². The average molecular weight is 258 g/mol. The molecule has 1 fully saturated rings. The van der Waals surface area contributed by atoms with Gasteiger partial charge in [0.2, 0.25) is 0 Å². The summed E-state index contributed by atoms with van der Waals surface area (Å²) in [6.07, 6.45) is 3.64. The van der Waals surface area contributed by atoms with Crippen LogP contribution in [-0.2, 0) is 0 Å². The molecule has 1 aromatic rings. The monoisotopic (exact) mass is 258 g/mol. The maximum absolute atomic E-state index is 9.30. The zero-order valence-corrected chi connectivity index (χ0v) is 12.2. The van der Waals surface area contributed by atoms with E-state index in [-0.39, 0.29) is 0 Å². The molecular formula is C15H22N4. The van der Waals surface area contributed by atoms with E-state index in [1.54, 1.807) is 0 Å². The maximum atomic E-state index is 9.30. The zero-order valence-electron chi connectivity index (χ0n) is 12.2. The van der Waals surface area contributed by atoms with Gasteiger partial charge in [0.1, 0.15) is 6.07 Å². The maximum Gasteiger partial charge on any atom is 0.158 e. The summed E-state index contributed by atoms with van der Waals surface area (Å²) >= 11 is 0. The van der Waals surface area contributed by atoms with Crippen LogP contribution in [-0.4, -0.2) is 22.1 Å². The van der Waals surface area contributed by atoms with Crippen molar-refractivity contribution in [3.8, 4) is 6.07 Å². The van der Waals surface area contributed by atoms with Crippen LogP contribution in [0, 0.1) is 25.2 Å². The van der Waals surface area contributed by atoms with Crippen LogP contribution in [0.4, 0.5) is 5.82 Å². The van der Waals surface area contributed by atoms with E-state index < -0.39 is 0 Å². The van der Waals surface area contributed by atoms with E-state index >= 15 is 0 Å². The number of aromatic nitrogens is 1. The molecular weight excluding hydrogens is 236 g/mol. The topological polar surface area (TPSA) is 52.0 Å². The van der Waals surface area contributed by atoms with Gasteiger partial charge in [-0.15, -0.1) is 0 Å². The molecule has 0 saturated carbocycles. The zero-order chi connectivity index (χ0) is 14.0. The van der Waals surface area contributed by atoms with Crippen LogP contribution in [0.25, 0.3) is 0 Å². The Balaban J connectivity index is 2.30. The first kappa shape index (κ1) is 13.8. The molecule has 0 aromatic carbocycles. The molecule has 2 atom stereocenters. The Morgan fingerprint density at radius 1 is 1.32 bits per heavy atom. The Morgan fingerprint density at radius 2 is 1.95 bits per heavy atom. The van der Waals surface area contributed by atoms with Crippen molar-refractivity contribution >= 4 is 5.82 Å². The first-order valence-corrected chi connectivity index (χ1v) is 6.96. The Kier molecular flexibility index (Phi) is 4.06. The molecule has 2 unspecified atom stereocenters. The van der Waals surface area contributed by atoms with Gasteiger partial charge in [0, 0.05) is 17.8 Å². The molecule has 0 bridgehead atoms. The van der Waals surface area contributed by atoms with Gasteiger partial charge in [0.25, 0.3) is 0 Å². The second-order valence-electron chi connectivity index (χ2n) is 5.56. The minimum absolute atomic E-state index is 0.470. The van der Waals surface area contributed by atoms with E-state index in [0.29, 0.717) is 23.5 Å². The first-order chi connectivity index (χ1) is 9.02. The van der Waals surface area contributed by atoms with Gasteiger partial charge in [0.05, 0.1) is 5.56 Å². The smallest absolute Gasteiger partial charge is 0.158 e. The van der Waals surface area contributed by atoms with Gasteiger partial charge in [-0.1, -0.05) is 6.42 Å². The second-order valence-corrected chi connectivity index (χ2v) is 5.56. The summed E-state index contributed by atoms with van der Waals surface area (Å²) in [6.45, 7) is 8.36. The van der Waals surface area contributed by atoms with E-state index in [9.17, 15) is 5.26 Å². The molecule has 2 rings (SSSR count). The highest BCUT2D eigenvalue weighted by atomic mass is 15.5. The Labute approximate surface area is 115 Å². The third kappa shape index (κ3) is 2.87. The molecule has 1 aliphatic rings. The van der Waals surface area contributed by atoms with E-state index in [4.69, 9.17) is 0 Å². The molecule has 0 spiro atoms. The van der Waals surface area contributed by atoms with Crippen molar-refractivity contribution in [3.05, 3.63) is 22.9 Å². The van der Waals surface area contributed by atoms with Crippen LogP contribution in [0.2, 0.25) is 0 Å². The van der Waals surface area contributed by atoms with Crippen LogP contribution in [0.15, 0.2) is 6.07 Å². The van der Waals surface area contributed by atoms with Crippen molar-refractivity contribution in [2.45, 2.75) is 59.0 Å². The molecule has 0 radical (unpaired) electrons. The van der Waals surface area contributed by atoms with Crippen molar-refractivity contribution in [2.75, 3.05) is 5.43 Å². The summed E-state index contributed by atoms with van der Waals surface area (Å²) < 4.78 is 0. The van der Waals surface area contributed by atoms with Crippen molar-refractivity contribution in [2.24, 2.45) is 0 Å². The summed E-state index contributed by atoms with van der Waals surface area (Å²) in [6, 6.07) is 5.15. The van der Waals surface area contributed by atoms with Gasteiger partial charge in [-0.05, 0) is 52.2 Å². The fourth-order valence-electron chi connectivity index (χ4n) is 2.82. The van der Waals surface area contributed by atoms with Crippen LogP contribution >= 0.6 is 0 Å². The van der Waals surface area contributed by atoms with Crippen molar-refractivity contribution in [3.63, 3.8) is 0 Å². The molecule has 4 nitrogen and oxygen atoms in total. The number of rotatable bonds is 2. The normalized spacial score (nSPS) is 23.9. The average Bonchev–Trinajstić information content (AvgIpc) is 2.33. The first-order valence-electron chi connectivity index (χ1n) is 6.96. The minimum atomic E-state index is 0.470. The summed E-state index contributed by atoms with van der Waals surface area (Å²) in [4.78, 5) is 4.49. The Morgan fingerprint density at radius 3 is 2.53 bits per heavy atom. The summed E-state index contributed by atoms with van der Waals surface area (Å²) in [5.41, 5.74) is 5.95. The molecule has 102 valence electrons. The number of hydrogen-bond acceptors (Lipinski definition) is 4. The van der Waals surface area contributed by atoms with Crippen LogP contribution in [0.5, 0.6) is 0 Å². The quantitative estimate of drug-likeness (QED) is 0.885. The number of anilines is 1. The molecule has 1 aromatic heterocycles. The number of hydrogen-bond donors (Lipinski definition) is 1. The number of piperidine rings is 1. The van der Waals surface area contributed by atoms with Crippen molar-refractivity contribution in [1.29, 1.82) is 5.26 Å². The van der Waals surface area contributed by atoms with Gasteiger partial charge in [0.15, 0.2) is 5.82 Å². The largest absolute Gasteiger partial charge is 0.301 e. The fraction of sp³-hybridized carbons (Fsp3) is 0.600. The van der Waals surface area contributed by atoms with E-state index in [1.165, 1.54) is 19.3 Å². The molecule has 4 heteroatoms. The molecule has 0 amide bonds. The molecule has 1 saturated heterocycles. The number of nitrogens with one attached hydrogen (secondary N) is 1. The predicted molar refractivity (Wildman–Crippen MR) is 76.7 cm³/mol. The van der Waals surface area contributed by atoms with Crippen molar-refractivity contribution in [1.82, 2.24) is 9.99 Å². The standard InChI is InChI=1S/C15H22N4/c1-10-8-11(2)17-15(14(10)9-16)18-19-12(3)6-5-7-13(19)4/h8,12-13H,5-7H2,1-4H3,(H,17,18). The lowest BCUT2D eigenvalue weighted by molar-refractivity contribution is 0.135. The molecule has 1 N–H and O–H groups in total. The Bertz CT molecular complexity index is 494. The lowest BCUT2D eigenvalue weighted by Gasteiger charge is -2.39. The van der Waals surface area contributed by atoms with Crippen LogP contribution in [0.1, 0.15) is 49.9 Å². The van der Waals surface area contributed by atoms with Crippen molar-refractivity contribution < 1.29 is 0 Å².